The van der Waals surface area contributed by atoms with Gasteiger partial charge in [0.05, 0.1) is 0 Å². The number of benzene rings is 1. The Hall–Kier alpha value is -2.55. The summed E-state index contributed by atoms with van der Waals surface area (Å²) in [6.45, 7) is 6.31. The van der Waals surface area contributed by atoms with Crippen LogP contribution in [0.15, 0.2) is 24.3 Å². The summed E-state index contributed by atoms with van der Waals surface area (Å²) in [5.74, 6) is -2.66. The molecule has 0 radical (unpaired) electrons. The second kappa shape index (κ2) is 9.23. The molecule has 142 valence electrons. The number of esters is 1. The van der Waals surface area contributed by atoms with E-state index in [0.29, 0.717) is 11.8 Å². The average molecular weight is 383 g/mol. The quantitative estimate of drug-likeness (QED) is 0.719. The molecule has 2 N–H and O–H groups in total. The Labute approximate surface area is 155 Å². The number of amides is 1. The number of hydrogen-bond donors (Lipinski definition) is 2. The van der Waals surface area contributed by atoms with E-state index in [0.717, 1.165) is 0 Å². The van der Waals surface area contributed by atoms with Gasteiger partial charge in [-0.05, 0) is 44.7 Å². The van der Waals surface area contributed by atoms with Crippen molar-refractivity contribution < 1.29 is 33.8 Å². The predicted octanol–water partition coefficient (Wildman–Crippen LogP) is 2.46. The summed E-state index contributed by atoms with van der Waals surface area (Å²) in [5, 5.41) is 10.4. The van der Waals surface area contributed by atoms with Crippen LogP contribution in [0.2, 0.25) is 0 Å². The van der Waals surface area contributed by atoms with E-state index in [2.05, 4.69) is 5.32 Å². The van der Waals surface area contributed by atoms with E-state index >= 15 is 0 Å². The predicted molar refractivity (Wildman–Crippen MR) is 95.3 cm³/mol. The number of carboxylic acids is 1. The lowest BCUT2D eigenvalue weighted by Gasteiger charge is -2.20. The van der Waals surface area contributed by atoms with Crippen molar-refractivity contribution >= 4 is 34.9 Å². The van der Waals surface area contributed by atoms with E-state index in [1.807, 2.05) is 0 Å². The lowest BCUT2D eigenvalue weighted by atomic mass is 10.1. The molecule has 0 unspecified atom stereocenters. The topological polar surface area (TPSA) is 119 Å². The zero-order chi connectivity index (χ0) is 19.9. The summed E-state index contributed by atoms with van der Waals surface area (Å²) >= 11 is 0.574. The Bertz CT molecular complexity index is 697. The molecular formula is C17H21NO7S. The van der Waals surface area contributed by atoms with Crippen LogP contribution in [0.4, 0.5) is 4.79 Å². The van der Waals surface area contributed by atoms with E-state index in [1.54, 1.807) is 32.9 Å². The van der Waals surface area contributed by atoms with Crippen LogP contribution in [0.3, 0.4) is 0 Å². The van der Waals surface area contributed by atoms with Crippen LogP contribution in [0.1, 0.15) is 38.1 Å². The molecule has 0 spiro atoms. The molecule has 1 aromatic rings. The molecule has 9 heteroatoms. The third-order valence-corrected chi connectivity index (χ3v) is 3.56. The Morgan fingerprint density at radius 3 is 2.35 bits per heavy atom. The highest BCUT2D eigenvalue weighted by atomic mass is 32.2. The molecule has 0 heterocycles. The summed E-state index contributed by atoms with van der Waals surface area (Å²) in [5.41, 5.74) is -0.635. The second-order valence-corrected chi connectivity index (χ2v) is 7.21. The third kappa shape index (κ3) is 7.56. The minimum atomic E-state index is -1.27. The number of nitrogens with one attached hydrogen (secondary N) is 1. The van der Waals surface area contributed by atoms with Crippen LogP contribution >= 0.6 is 11.8 Å². The molecule has 1 rings (SSSR count). The number of carbonyl (C=O) groups excluding carboxylic acids is 3. The maximum Gasteiger partial charge on any atom is 0.372 e. The number of rotatable bonds is 6. The molecule has 1 amide bonds. The number of carboxylic acid groups (broad SMARTS) is 1. The highest BCUT2D eigenvalue weighted by Crippen LogP contribution is 2.23. The van der Waals surface area contributed by atoms with E-state index in [1.165, 1.54) is 19.1 Å². The second-order valence-electron chi connectivity index (χ2n) is 6.25. The van der Waals surface area contributed by atoms with Crippen LogP contribution in [0.25, 0.3) is 0 Å². The first-order valence-electron chi connectivity index (χ1n) is 7.66. The maximum absolute atomic E-state index is 12.2. The van der Waals surface area contributed by atoms with Gasteiger partial charge in [0.1, 0.15) is 23.0 Å². The molecule has 0 aliphatic rings. The smallest absolute Gasteiger partial charge is 0.372 e. The highest BCUT2D eigenvalue weighted by Gasteiger charge is 2.24. The minimum absolute atomic E-state index is 0.00523. The van der Waals surface area contributed by atoms with Gasteiger partial charge >= 0.3 is 17.2 Å². The lowest BCUT2D eigenvalue weighted by Crippen LogP contribution is -2.41. The Morgan fingerprint density at radius 2 is 1.81 bits per heavy atom. The average Bonchev–Trinajstić information content (AvgIpc) is 2.49. The SMILES string of the molecule is CC(=O)N[C@@H](CSC(=O)Oc1ccccc1C(=O)OC(C)(C)C)C(=O)O. The zero-order valence-corrected chi connectivity index (χ0v) is 15.7. The van der Waals surface area contributed by atoms with Crippen LogP contribution in [0.5, 0.6) is 5.75 Å². The van der Waals surface area contributed by atoms with Crippen LogP contribution in [-0.2, 0) is 14.3 Å². The summed E-state index contributed by atoms with van der Waals surface area (Å²) in [7, 11) is 0. The Balaban J connectivity index is 2.77. The number of carbonyl (C=O) groups is 4. The first-order chi connectivity index (χ1) is 12.0. The molecular weight excluding hydrogens is 362 g/mol. The summed E-state index contributed by atoms with van der Waals surface area (Å²) in [6, 6.07) is 4.84. The minimum Gasteiger partial charge on any atom is -0.480 e. The number of aliphatic carboxylic acids is 1. The maximum atomic E-state index is 12.2. The largest absolute Gasteiger partial charge is 0.480 e. The fourth-order valence-corrected chi connectivity index (χ4v) is 2.43. The fraction of sp³-hybridized carbons (Fsp3) is 0.412. The van der Waals surface area contributed by atoms with Gasteiger partial charge < -0.3 is 19.9 Å². The first-order valence-corrected chi connectivity index (χ1v) is 8.65. The summed E-state index contributed by atoms with van der Waals surface area (Å²) in [6.07, 6.45) is 0. The normalized spacial score (nSPS) is 12.0. The molecule has 26 heavy (non-hydrogen) atoms. The summed E-state index contributed by atoms with van der Waals surface area (Å²) in [4.78, 5) is 46.2. The molecule has 1 atom stereocenters. The standard InChI is InChI=1S/C17H21NO7S/c1-10(19)18-12(14(20)21)9-26-16(23)24-13-8-6-5-7-11(13)15(22)25-17(2,3)4/h5-8,12H,9H2,1-4H3,(H,18,19)(H,20,21)/t12-/m0/s1. The molecule has 0 fully saturated rings. The fourth-order valence-electron chi connectivity index (χ4n) is 1.75. The molecule has 0 saturated carbocycles. The van der Waals surface area contributed by atoms with Gasteiger partial charge in [0.15, 0.2) is 0 Å². The van der Waals surface area contributed by atoms with Crippen molar-refractivity contribution in [1.29, 1.82) is 0 Å². The molecule has 8 nitrogen and oxygen atoms in total. The number of thioether (sulfide) groups is 1. The van der Waals surface area contributed by atoms with Crippen molar-refractivity contribution in [3.05, 3.63) is 29.8 Å². The van der Waals surface area contributed by atoms with Gasteiger partial charge in [0.25, 0.3) is 0 Å². The third-order valence-electron chi connectivity index (χ3n) is 2.74. The van der Waals surface area contributed by atoms with Gasteiger partial charge in [-0.1, -0.05) is 12.1 Å². The molecule has 0 saturated heterocycles. The lowest BCUT2D eigenvalue weighted by molar-refractivity contribution is -0.140. The van der Waals surface area contributed by atoms with Gasteiger partial charge in [-0.25, -0.2) is 14.4 Å². The van der Waals surface area contributed by atoms with E-state index in [-0.39, 0.29) is 17.1 Å². The molecule has 0 bridgehead atoms. The molecule has 0 aromatic heterocycles. The first kappa shape index (κ1) is 21.5. The van der Waals surface area contributed by atoms with Crippen molar-refractivity contribution in [1.82, 2.24) is 5.32 Å². The van der Waals surface area contributed by atoms with Gasteiger partial charge in [0, 0.05) is 12.7 Å². The van der Waals surface area contributed by atoms with Gasteiger partial charge in [-0.15, -0.1) is 0 Å². The molecule has 0 aliphatic heterocycles. The van der Waals surface area contributed by atoms with E-state index in [9.17, 15) is 19.2 Å². The van der Waals surface area contributed by atoms with Gasteiger partial charge in [-0.2, -0.15) is 0 Å². The van der Waals surface area contributed by atoms with Crippen molar-refractivity contribution in [2.24, 2.45) is 0 Å². The zero-order valence-electron chi connectivity index (χ0n) is 14.9. The van der Waals surface area contributed by atoms with Crippen molar-refractivity contribution in [3.8, 4) is 5.75 Å². The number of ether oxygens (including phenoxy) is 2. The van der Waals surface area contributed by atoms with E-state index in [4.69, 9.17) is 14.6 Å². The van der Waals surface area contributed by atoms with Crippen LogP contribution in [-0.4, -0.2) is 45.6 Å². The van der Waals surface area contributed by atoms with Crippen LogP contribution < -0.4 is 10.1 Å². The van der Waals surface area contributed by atoms with Crippen LogP contribution in [0, 0.1) is 0 Å². The van der Waals surface area contributed by atoms with Crippen molar-refractivity contribution in [2.45, 2.75) is 39.3 Å². The Morgan fingerprint density at radius 1 is 1.19 bits per heavy atom. The number of para-hydroxylation sites is 1. The molecule has 0 aliphatic carbocycles. The van der Waals surface area contributed by atoms with E-state index < -0.39 is 34.8 Å². The van der Waals surface area contributed by atoms with Gasteiger partial charge in [0.2, 0.25) is 5.91 Å². The van der Waals surface area contributed by atoms with Gasteiger partial charge in [-0.3, -0.25) is 4.79 Å². The van der Waals surface area contributed by atoms with Crippen molar-refractivity contribution in [2.75, 3.05) is 5.75 Å². The Kier molecular flexibility index (Phi) is 7.63. The monoisotopic (exact) mass is 383 g/mol. The summed E-state index contributed by atoms with van der Waals surface area (Å²) < 4.78 is 10.4. The van der Waals surface area contributed by atoms with Crippen molar-refractivity contribution in [3.63, 3.8) is 0 Å². The highest BCUT2D eigenvalue weighted by molar-refractivity contribution is 8.13. The molecule has 1 aromatic carbocycles. The number of hydrogen-bond acceptors (Lipinski definition) is 7.